The van der Waals surface area contributed by atoms with E-state index in [4.69, 9.17) is 9.47 Å². The molecule has 0 aromatic carbocycles. The minimum absolute atomic E-state index is 0.336. The molecule has 6 heteroatoms. The number of pyridine rings is 3. The number of carbonyl (C=O) groups excluding carboxylic acids is 1. The molecule has 0 amide bonds. The predicted molar refractivity (Wildman–Crippen MR) is 89.0 cm³/mol. The molecule has 0 saturated carbocycles. The molecule has 0 aliphatic carbocycles. The summed E-state index contributed by atoms with van der Waals surface area (Å²) in [5.41, 5.74) is 1.33. The predicted octanol–water partition coefficient (Wildman–Crippen LogP) is 2.96. The summed E-state index contributed by atoms with van der Waals surface area (Å²) in [5, 5.41) is 0. The zero-order valence-corrected chi connectivity index (χ0v) is 13.2. The largest absolute Gasteiger partial charge is 0.486 e. The Balaban J connectivity index is 0.000000292. The molecule has 6 nitrogen and oxygen atoms in total. The minimum Gasteiger partial charge on any atom is -0.486 e. The molecule has 122 valence electrons. The summed E-state index contributed by atoms with van der Waals surface area (Å²) in [5.74, 6) is 0.806. The number of methoxy groups -OCH3 is 1. The van der Waals surface area contributed by atoms with Crippen LogP contribution in [0.5, 0.6) is 11.6 Å². The molecule has 3 aromatic rings. The fourth-order valence-electron chi connectivity index (χ4n) is 1.72. The normalized spacial score (nSPS) is 9.38. The fourth-order valence-corrected chi connectivity index (χ4v) is 1.72. The van der Waals surface area contributed by atoms with E-state index < -0.39 is 0 Å². The highest BCUT2D eigenvalue weighted by atomic mass is 16.5. The van der Waals surface area contributed by atoms with Gasteiger partial charge in [-0.2, -0.15) is 0 Å². The first-order valence-electron chi connectivity index (χ1n) is 7.19. The van der Waals surface area contributed by atoms with Gasteiger partial charge in [0.05, 0.1) is 18.9 Å². The summed E-state index contributed by atoms with van der Waals surface area (Å²) in [6, 6.07) is 11.0. The fraction of sp³-hybridized carbons (Fsp3) is 0.111. The number of hydrogen-bond donors (Lipinski definition) is 0. The molecule has 0 atom stereocenters. The number of hydrogen-bond acceptors (Lipinski definition) is 6. The first-order valence-corrected chi connectivity index (χ1v) is 7.19. The molecule has 0 spiro atoms. The van der Waals surface area contributed by atoms with Crippen molar-refractivity contribution >= 4 is 6.29 Å². The quantitative estimate of drug-likeness (QED) is 0.672. The van der Waals surface area contributed by atoms with Gasteiger partial charge in [-0.3, -0.25) is 14.8 Å². The number of carbonyl (C=O) groups is 1. The van der Waals surface area contributed by atoms with Crippen molar-refractivity contribution in [3.8, 4) is 11.6 Å². The van der Waals surface area contributed by atoms with Gasteiger partial charge in [0.2, 0.25) is 5.88 Å². The van der Waals surface area contributed by atoms with E-state index in [1.165, 1.54) is 19.4 Å². The molecule has 0 radical (unpaired) electrons. The topological polar surface area (TPSA) is 74.2 Å². The molecule has 0 fully saturated rings. The Labute approximate surface area is 140 Å². The van der Waals surface area contributed by atoms with Crippen LogP contribution in [0.1, 0.15) is 15.9 Å². The van der Waals surface area contributed by atoms with E-state index in [0.29, 0.717) is 30.1 Å². The third-order valence-corrected chi connectivity index (χ3v) is 2.89. The van der Waals surface area contributed by atoms with Crippen molar-refractivity contribution in [1.82, 2.24) is 15.0 Å². The second-order valence-corrected chi connectivity index (χ2v) is 4.56. The lowest BCUT2D eigenvalue weighted by Gasteiger charge is -2.08. The first-order chi connectivity index (χ1) is 11.8. The van der Waals surface area contributed by atoms with Crippen LogP contribution in [-0.4, -0.2) is 28.3 Å². The average Bonchev–Trinajstić information content (AvgIpc) is 2.69. The molecule has 3 aromatic heterocycles. The van der Waals surface area contributed by atoms with Gasteiger partial charge in [0.1, 0.15) is 12.4 Å². The third-order valence-electron chi connectivity index (χ3n) is 2.89. The maximum Gasteiger partial charge on any atom is 0.213 e. The summed E-state index contributed by atoms with van der Waals surface area (Å²) in [4.78, 5) is 22.7. The lowest BCUT2D eigenvalue weighted by Crippen LogP contribution is -2.00. The van der Waals surface area contributed by atoms with Gasteiger partial charge in [-0.25, -0.2) is 4.98 Å². The highest BCUT2D eigenvalue weighted by molar-refractivity contribution is 5.79. The monoisotopic (exact) mass is 323 g/mol. The second-order valence-electron chi connectivity index (χ2n) is 4.56. The van der Waals surface area contributed by atoms with Crippen molar-refractivity contribution in [3.05, 3.63) is 78.5 Å². The smallest absolute Gasteiger partial charge is 0.213 e. The van der Waals surface area contributed by atoms with Gasteiger partial charge in [-0.1, -0.05) is 12.1 Å². The lowest BCUT2D eigenvalue weighted by molar-refractivity contribution is 0.111. The summed E-state index contributed by atoms with van der Waals surface area (Å²) < 4.78 is 10.5. The van der Waals surface area contributed by atoms with Gasteiger partial charge in [0.25, 0.3) is 0 Å². The van der Waals surface area contributed by atoms with Crippen LogP contribution in [0.15, 0.2) is 67.4 Å². The molecule has 0 aliphatic heterocycles. The van der Waals surface area contributed by atoms with Crippen molar-refractivity contribution in [3.63, 3.8) is 0 Å². The highest BCUT2D eigenvalue weighted by Crippen LogP contribution is 2.20. The average molecular weight is 323 g/mol. The number of aromatic nitrogens is 3. The molecular weight excluding hydrogens is 306 g/mol. The van der Waals surface area contributed by atoms with Crippen LogP contribution in [0.25, 0.3) is 0 Å². The summed E-state index contributed by atoms with van der Waals surface area (Å²) in [7, 11) is 1.49. The van der Waals surface area contributed by atoms with Crippen molar-refractivity contribution in [2.24, 2.45) is 0 Å². The summed E-state index contributed by atoms with van der Waals surface area (Å²) >= 11 is 0. The van der Waals surface area contributed by atoms with Crippen LogP contribution in [0.2, 0.25) is 0 Å². The standard InChI is InChI=1S/C13H12N2O3.C5H5N/c1-17-13-5-11(8-16)12(7-15-13)18-9-10-3-2-4-14-6-10;1-2-4-6-5-3-1/h2-8H,9H2,1H3;1-5H. The van der Waals surface area contributed by atoms with Gasteiger partial charge < -0.3 is 9.47 Å². The molecule has 3 heterocycles. The van der Waals surface area contributed by atoms with Gasteiger partial charge >= 0.3 is 0 Å². The lowest BCUT2D eigenvalue weighted by atomic mass is 10.2. The second kappa shape index (κ2) is 9.68. The molecule has 24 heavy (non-hydrogen) atoms. The van der Waals surface area contributed by atoms with E-state index in [0.717, 1.165) is 5.56 Å². The van der Waals surface area contributed by atoms with Gasteiger partial charge in [-0.15, -0.1) is 0 Å². The van der Waals surface area contributed by atoms with E-state index in [-0.39, 0.29) is 0 Å². The first kappa shape index (κ1) is 17.1. The maximum atomic E-state index is 10.9. The van der Waals surface area contributed by atoms with Crippen LogP contribution in [-0.2, 0) is 6.61 Å². The zero-order valence-electron chi connectivity index (χ0n) is 13.2. The molecule has 0 bridgehead atoms. The number of ether oxygens (including phenoxy) is 2. The van der Waals surface area contributed by atoms with Crippen LogP contribution in [0.3, 0.4) is 0 Å². The number of rotatable bonds is 5. The van der Waals surface area contributed by atoms with Crippen LogP contribution in [0, 0.1) is 0 Å². The van der Waals surface area contributed by atoms with E-state index in [2.05, 4.69) is 15.0 Å². The Hall–Kier alpha value is -3.28. The van der Waals surface area contributed by atoms with Crippen LogP contribution in [0.4, 0.5) is 0 Å². The molecule has 0 unspecified atom stereocenters. The van der Waals surface area contributed by atoms with Gasteiger partial charge in [-0.05, 0) is 18.2 Å². The SMILES string of the molecule is COc1cc(C=O)c(OCc2cccnc2)cn1.c1ccncc1. The molecule has 0 N–H and O–H groups in total. The van der Waals surface area contributed by atoms with Crippen LogP contribution >= 0.6 is 0 Å². The Morgan fingerprint density at radius 2 is 1.83 bits per heavy atom. The molecule has 3 rings (SSSR count). The molecule has 0 saturated heterocycles. The zero-order chi connectivity index (χ0) is 17.0. The van der Waals surface area contributed by atoms with Crippen molar-refractivity contribution in [1.29, 1.82) is 0 Å². The van der Waals surface area contributed by atoms with E-state index in [1.807, 2.05) is 30.3 Å². The Morgan fingerprint density at radius 3 is 2.38 bits per heavy atom. The third kappa shape index (κ3) is 5.49. The number of aldehydes is 1. The summed E-state index contributed by atoms with van der Waals surface area (Å²) in [6.45, 7) is 0.336. The van der Waals surface area contributed by atoms with Gasteiger partial charge in [0.15, 0.2) is 6.29 Å². The maximum absolute atomic E-state index is 10.9. The van der Waals surface area contributed by atoms with E-state index in [1.54, 1.807) is 24.8 Å². The van der Waals surface area contributed by atoms with Crippen LogP contribution < -0.4 is 9.47 Å². The minimum atomic E-state index is 0.336. The summed E-state index contributed by atoms with van der Waals surface area (Å²) in [6.07, 6.45) is 9.08. The Kier molecular flexibility index (Phi) is 6.89. The van der Waals surface area contributed by atoms with Crippen molar-refractivity contribution in [2.45, 2.75) is 6.61 Å². The van der Waals surface area contributed by atoms with Crippen molar-refractivity contribution < 1.29 is 14.3 Å². The van der Waals surface area contributed by atoms with Crippen molar-refractivity contribution in [2.75, 3.05) is 7.11 Å². The number of nitrogens with zero attached hydrogens (tertiary/aromatic N) is 3. The highest BCUT2D eigenvalue weighted by Gasteiger charge is 2.06. The molecular formula is C18H17N3O3. The Morgan fingerprint density at radius 1 is 1.04 bits per heavy atom. The van der Waals surface area contributed by atoms with Gasteiger partial charge in [0, 0.05) is 36.4 Å². The van der Waals surface area contributed by atoms with E-state index in [9.17, 15) is 4.79 Å². The van der Waals surface area contributed by atoms with E-state index >= 15 is 0 Å². The molecule has 0 aliphatic rings. The Bertz CT molecular complexity index is 710.